The molecule has 0 aliphatic carbocycles. The summed E-state index contributed by atoms with van der Waals surface area (Å²) < 4.78 is 5.48. The van der Waals surface area contributed by atoms with E-state index in [4.69, 9.17) is 4.74 Å². The lowest BCUT2D eigenvalue weighted by Gasteiger charge is -2.41. The molecule has 1 aromatic carbocycles. The first-order chi connectivity index (χ1) is 8.70. The predicted octanol–water partition coefficient (Wildman–Crippen LogP) is 1.25. The first-order valence-electron chi connectivity index (χ1n) is 6.41. The number of fused-ring (bicyclic) bond motifs is 3. The van der Waals surface area contributed by atoms with Crippen LogP contribution in [0.25, 0.3) is 0 Å². The van der Waals surface area contributed by atoms with Gasteiger partial charge in [0.15, 0.2) is 0 Å². The van der Waals surface area contributed by atoms with Crippen molar-refractivity contribution in [2.45, 2.75) is 25.8 Å². The van der Waals surface area contributed by atoms with Gasteiger partial charge in [0, 0.05) is 12.6 Å². The largest absolute Gasteiger partial charge is 0.495 e. The second kappa shape index (κ2) is 4.28. The Labute approximate surface area is 107 Å². The van der Waals surface area contributed by atoms with Gasteiger partial charge < -0.3 is 15.0 Å². The van der Waals surface area contributed by atoms with Crippen molar-refractivity contribution >= 4 is 11.6 Å². The highest BCUT2D eigenvalue weighted by Gasteiger charge is 2.35. The van der Waals surface area contributed by atoms with Crippen LogP contribution < -0.4 is 15.0 Å². The molecule has 96 valence electrons. The Morgan fingerprint density at radius 3 is 3.06 bits per heavy atom. The maximum atomic E-state index is 12.2. The van der Waals surface area contributed by atoms with Crippen LogP contribution in [-0.2, 0) is 11.2 Å². The summed E-state index contributed by atoms with van der Waals surface area (Å²) in [6.07, 6.45) is 2.04. The van der Waals surface area contributed by atoms with Crippen LogP contribution >= 0.6 is 0 Å². The van der Waals surface area contributed by atoms with Crippen molar-refractivity contribution in [2.24, 2.45) is 0 Å². The molecule has 3 rings (SSSR count). The molecule has 2 aliphatic rings. The van der Waals surface area contributed by atoms with E-state index in [0.717, 1.165) is 30.8 Å². The van der Waals surface area contributed by atoms with Crippen LogP contribution in [-0.4, -0.2) is 32.1 Å². The fourth-order valence-electron chi connectivity index (χ4n) is 3.02. The fourth-order valence-corrected chi connectivity index (χ4v) is 3.02. The van der Waals surface area contributed by atoms with Gasteiger partial charge in [-0.2, -0.15) is 0 Å². The number of aryl methyl sites for hydroxylation is 2. The topological polar surface area (TPSA) is 41.6 Å². The van der Waals surface area contributed by atoms with Crippen molar-refractivity contribution in [3.8, 4) is 5.75 Å². The van der Waals surface area contributed by atoms with E-state index in [1.165, 1.54) is 11.1 Å². The molecule has 0 spiro atoms. The van der Waals surface area contributed by atoms with Crippen molar-refractivity contribution in [2.75, 3.05) is 25.1 Å². The standard InChI is InChI=1S/C14H18N2O2/c1-9-5-10-3-4-11-7-15-8-13(17)16(11)14(10)12(6-9)18-2/h5-6,11,15H,3-4,7-8H2,1-2H3. The lowest BCUT2D eigenvalue weighted by Crippen LogP contribution is -2.57. The van der Waals surface area contributed by atoms with E-state index in [-0.39, 0.29) is 11.9 Å². The predicted molar refractivity (Wildman–Crippen MR) is 70.2 cm³/mol. The molecule has 4 nitrogen and oxygen atoms in total. The third-order valence-electron chi connectivity index (χ3n) is 3.80. The number of nitrogens with one attached hydrogen (secondary N) is 1. The molecular weight excluding hydrogens is 228 g/mol. The minimum Gasteiger partial charge on any atom is -0.495 e. The number of nitrogens with zero attached hydrogens (tertiary/aromatic N) is 1. The number of carbonyl (C=O) groups excluding carboxylic acids is 1. The van der Waals surface area contributed by atoms with Gasteiger partial charge in [-0.3, -0.25) is 4.79 Å². The Bertz CT molecular complexity index is 482. The number of hydrogen-bond acceptors (Lipinski definition) is 3. The van der Waals surface area contributed by atoms with Crippen molar-refractivity contribution in [3.63, 3.8) is 0 Å². The molecule has 1 aromatic rings. The van der Waals surface area contributed by atoms with Gasteiger partial charge in [0.2, 0.25) is 5.91 Å². The Hall–Kier alpha value is -1.55. The lowest BCUT2D eigenvalue weighted by atomic mass is 9.92. The molecule has 1 fully saturated rings. The van der Waals surface area contributed by atoms with Crippen LogP contribution in [0.4, 0.5) is 5.69 Å². The highest BCUT2D eigenvalue weighted by molar-refractivity contribution is 5.99. The van der Waals surface area contributed by atoms with Crippen LogP contribution in [0.2, 0.25) is 0 Å². The quantitative estimate of drug-likeness (QED) is 0.811. The average molecular weight is 246 g/mol. The third-order valence-corrected chi connectivity index (χ3v) is 3.80. The smallest absolute Gasteiger partial charge is 0.241 e. The van der Waals surface area contributed by atoms with E-state index in [1.54, 1.807) is 7.11 Å². The number of anilines is 1. The van der Waals surface area contributed by atoms with Gasteiger partial charge in [-0.15, -0.1) is 0 Å². The number of piperazine rings is 1. The van der Waals surface area contributed by atoms with Crippen molar-refractivity contribution in [1.29, 1.82) is 0 Å². The van der Waals surface area contributed by atoms with Gasteiger partial charge in [-0.05, 0) is 37.0 Å². The molecule has 0 bridgehead atoms. The Balaban J connectivity index is 2.14. The molecule has 4 heteroatoms. The molecule has 0 radical (unpaired) electrons. The number of amides is 1. The van der Waals surface area contributed by atoms with Crippen LogP contribution in [0.15, 0.2) is 12.1 Å². The van der Waals surface area contributed by atoms with Crippen molar-refractivity contribution in [1.82, 2.24) is 5.32 Å². The average Bonchev–Trinajstić information content (AvgIpc) is 2.37. The molecule has 1 saturated heterocycles. The summed E-state index contributed by atoms with van der Waals surface area (Å²) in [4.78, 5) is 14.1. The highest BCUT2D eigenvalue weighted by Crippen LogP contribution is 2.40. The Morgan fingerprint density at radius 1 is 1.44 bits per heavy atom. The maximum Gasteiger partial charge on any atom is 0.241 e. The Morgan fingerprint density at radius 2 is 2.28 bits per heavy atom. The number of rotatable bonds is 1. The third kappa shape index (κ3) is 1.68. The molecule has 1 amide bonds. The molecule has 1 atom stereocenters. The molecule has 1 N–H and O–H groups in total. The molecule has 0 aromatic heterocycles. The summed E-state index contributed by atoms with van der Waals surface area (Å²) in [7, 11) is 1.67. The first-order valence-corrected chi connectivity index (χ1v) is 6.41. The number of ether oxygens (including phenoxy) is 1. The SMILES string of the molecule is COc1cc(C)cc2c1N1C(=O)CNCC1CC2. The lowest BCUT2D eigenvalue weighted by molar-refractivity contribution is -0.119. The van der Waals surface area contributed by atoms with Crippen LogP contribution in [0.5, 0.6) is 5.75 Å². The van der Waals surface area contributed by atoms with Gasteiger partial charge >= 0.3 is 0 Å². The van der Waals surface area contributed by atoms with E-state index < -0.39 is 0 Å². The van der Waals surface area contributed by atoms with E-state index in [1.807, 2.05) is 11.0 Å². The molecule has 1 unspecified atom stereocenters. The van der Waals surface area contributed by atoms with E-state index in [0.29, 0.717) is 6.54 Å². The number of carbonyl (C=O) groups is 1. The van der Waals surface area contributed by atoms with Gasteiger partial charge in [0.05, 0.1) is 19.3 Å². The summed E-state index contributed by atoms with van der Waals surface area (Å²) in [6.45, 7) is 3.36. The van der Waals surface area contributed by atoms with Crippen molar-refractivity contribution in [3.05, 3.63) is 23.3 Å². The molecule has 0 saturated carbocycles. The summed E-state index contributed by atoms with van der Waals surface area (Å²) in [6, 6.07) is 4.45. The van der Waals surface area contributed by atoms with E-state index in [2.05, 4.69) is 18.3 Å². The van der Waals surface area contributed by atoms with Crippen LogP contribution in [0, 0.1) is 6.92 Å². The second-order valence-electron chi connectivity index (χ2n) is 5.06. The molecule has 2 aliphatic heterocycles. The van der Waals surface area contributed by atoms with Gasteiger partial charge in [-0.25, -0.2) is 0 Å². The zero-order chi connectivity index (χ0) is 12.7. The zero-order valence-electron chi connectivity index (χ0n) is 10.8. The Kier molecular flexibility index (Phi) is 2.74. The van der Waals surface area contributed by atoms with Gasteiger partial charge in [-0.1, -0.05) is 6.07 Å². The number of benzene rings is 1. The van der Waals surface area contributed by atoms with Gasteiger partial charge in [0.25, 0.3) is 0 Å². The van der Waals surface area contributed by atoms with E-state index in [9.17, 15) is 4.79 Å². The zero-order valence-corrected chi connectivity index (χ0v) is 10.8. The molecular formula is C14H18N2O2. The number of methoxy groups -OCH3 is 1. The minimum absolute atomic E-state index is 0.148. The van der Waals surface area contributed by atoms with E-state index >= 15 is 0 Å². The first kappa shape index (κ1) is 11.5. The molecule has 18 heavy (non-hydrogen) atoms. The second-order valence-corrected chi connectivity index (χ2v) is 5.06. The fraction of sp³-hybridized carbons (Fsp3) is 0.500. The summed E-state index contributed by atoms with van der Waals surface area (Å²) in [5.41, 5.74) is 3.41. The minimum atomic E-state index is 0.148. The number of hydrogen-bond donors (Lipinski definition) is 1. The molecule has 2 heterocycles. The maximum absolute atomic E-state index is 12.2. The monoisotopic (exact) mass is 246 g/mol. The van der Waals surface area contributed by atoms with Crippen LogP contribution in [0.3, 0.4) is 0 Å². The van der Waals surface area contributed by atoms with Crippen LogP contribution in [0.1, 0.15) is 17.5 Å². The van der Waals surface area contributed by atoms with Gasteiger partial charge in [0.1, 0.15) is 5.75 Å². The summed E-state index contributed by atoms with van der Waals surface area (Å²) in [5, 5.41) is 3.18. The highest BCUT2D eigenvalue weighted by atomic mass is 16.5. The normalized spacial score (nSPS) is 22.4. The van der Waals surface area contributed by atoms with Crippen molar-refractivity contribution < 1.29 is 9.53 Å². The summed E-state index contributed by atoms with van der Waals surface area (Å²) in [5.74, 6) is 0.972. The summed E-state index contributed by atoms with van der Waals surface area (Å²) >= 11 is 0.